The van der Waals surface area contributed by atoms with Gasteiger partial charge in [0.05, 0.1) is 7.05 Å². The zero-order chi connectivity index (χ0) is 16.1. The lowest BCUT2D eigenvalue weighted by molar-refractivity contribution is -0.862. The third-order valence-electron chi connectivity index (χ3n) is 3.98. The first kappa shape index (κ1) is 16.5. The Bertz CT molecular complexity index is 523. The van der Waals surface area contributed by atoms with Crippen LogP contribution in [0.4, 0.5) is 5.69 Å². The summed E-state index contributed by atoms with van der Waals surface area (Å²) in [5.41, 5.74) is 1.94. The zero-order valence-corrected chi connectivity index (χ0v) is 13.6. The molecule has 0 radical (unpaired) electrons. The zero-order valence-electron chi connectivity index (χ0n) is 13.6. The van der Waals surface area contributed by atoms with Crippen LogP contribution in [0.1, 0.15) is 25.3 Å². The van der Waals surface area contributed by atoms with Gasteiger partial charge in [-0.3, -0.25) is 9.59 Å². The van der Waals surface area contributed by atoms with Gasteiger partial charge >= 0.3 is 0 Å². The van der Waals surface area contributed by atoms with Crippen LogP contribution < -0.4 is 15.5 Å². The molecule has 0 spiro atoms. The van der Waals surface area contributed by atoms with Crippen molar-refractivity contribution >= 4 is 17.5 Å². The smallest absolute Gasteiger partial charge is 0.279 e. The van der Waals surface area contributed by atoms with Crippen molar-refractivity contribution in [3.8, 4) is 0 Å². The molecule has 1 aliphatic carbocycles. The summed E-state index contributed by atoms with van der Waals surface area (Å²) in [6, 6.07) is 7.93. The predicted molar refractivity (Wildman–Crippen MR) is 86.8 cm³/mol. The lowest BCUT2D eigenvalue weighted by Crippen LogP contribution is -3.11. The molecule has 120 valence electrons. The number of quaternary nitrogens is 1. The van der Waals surface area contributed by atoms with Gasteiger partial charge in [0.25, 0.3) is 11.8 Å². The second kappa shape index (κ2) is 7.40. The number of hydrogen-bond donors (Lipinski definition) is 3. The molecule has 2 amide bonds. The fourth-order valence-corrected chi connectivity index (χ4v) is 2.47. The van der Waals surface area contributed by atoms with E-state index >= 15 is 0 Å². The summed E-state index contributed by atoms with van der Waals surface area (Å²) in [4.78, 5) is 24.8. The van der Waals surface area contributed by atoms with Crippen LogP contribution in [0.25, 0.3) is 0 Å². The first-order valence-electron chi connectivity index (χ1n) is 7.91. The highest BCUT2D eigenvalue weighted by Gasteiger charge is 2.29. The number of rotatable bonds is 7. The lowest BCUT2D eigenvalue weighted by atomic mass is 10.2. The molecule has 1 aliphatic rings. The number of hydrogen-bond acceptors (Lipinski definition) is 2. The van der Waals surface area contributed by atoms with Crippen LogP contribution in [0.3, 0.4) is 0 Å². The van der Waals surface area contributed by atoms with Crippen molar-refractivity contribution in [2.24, 2.45) is 5.92 Å². The van der Waals surface area contributed by atoms with Crippen molar-refractivity contribution in [2.75, 3.05) is 25.5 Å². The van der Waals surface area contributed by atoms with Gasteiger partial charge in [0.2, 0.25) is 0 Å². The molecule has 2 atom stereocenters. The van der Waals surface area contributed by atoms with Gasteiger partial charge in [0.15, 0.2) is 13.1 Å². The molecule has 0 saturated heterocycles. The molecular weight excluding hydrogens is 278 g/mol. The quantitative estimate of drug-likeness (QED) is 0.681. The highest BCUT2D eigenvalue weighted by Crippen LogP contribution is 2.32. The molecule has 0 heterocycles. The maximum absolute atomic E-state index is 12.0. The van der Waals surface area contributed by atoms with E-state index in [-0.39, 0.29) is 24.4 Å². The molecule has 1 unspecified atom stereocenters. The number of anilines is 1. The highest BCUT2D eigenvalue weighted by molar-refractivity contribution is 5.91. The van der Waals surface area contributed by atoms with Crippen LogP contribution in [0.15, 0.2) is 24.3 Å². The van der Waals surface area contributed by atoms with Crippen molar-refractivity contribution in [3.05, 3.63) is 29.8 Å². The Morgan fingerprint density at radius 1 is 1.18 bits per heavy atom. The molecule has 1 fully saturated rings. The van der Waals surface area contributed by atoms with Crippen LogP contribution >= 0.6 is 0 Å². The minimum Gasteiger partial charge on any atom is -0.348 e. The largest absolute Gasteiger partial charge is 0.348 e. The lowest BCUT2D eigenvalue weighted by Gasteiger charge is -2.16. The number of likely N-dealkylation sites (N-methyl/N-ethyl adjacent to an activating group) is 1. The van der Waals surface area contributed by atoms with Gasteiger partial charge in [-0.25, -0.2) is 0 Å². The normalized spacial score (nSPS) is 16.7. The molecule has 1 aromatic carbocycles. The fourth-order valence-electron chi connectivity index (χ4n) is 2.47. The molecule has 22 heavy (non-hydrogen) atoms. The SMILES string of the molecule is Cc1ccc(NC(=O)C[NH+](C)CC(=O)N[C@@H](C)C2CC2)cc1. The van der Waals surface area contributed by atoms with Crippen LogP contribution in [0, 0.1) is 12.8 Å². The van der Waals surface area contributed by atoms with Crippen molar-refractivity contribution in [1.82, 2.24) is 5.32 Å². The topological polar surface area (TPSA) is 62.6 Å². The summed E-state index contributed by atoms with van der Waals surface area (Å²) < 4.78 is 0. The summed E-state index contributed by atoms with van der Waals surface area (Å²) in [7, 11) is 1.86. The van der Waals surface area contributed by atoms with E-state index in [0.717, 1.165) is 16.2 Å². The predicted octanol–water partition coefficient (Wildman–Crippen LogP) is 0.363. The minimum absolute atomic E-state index is 0.0139. The Labute approximate surface area is 132 Å². The average molecular weight is 304 g/mol. The van der Waals surface area contributed by atoms with Crippen LogP contribution in [-0.4, -0.2) is 38.0 Å². The summed E-state index contributed by atoms with van der Waals surface area (Å²) in [5, 5.41) is 5.86. The standard InChI is InChI=1S/C17H25N3O2/c1-12-4-8-15(9-5-12)19-17(22)11-20(3)10-16(21)18-13(2)14-6-7-14/h4-5,8-9,13-14H,6-7,10-11H2,1-3H3,(H,18,21)(H,19,22)/p+1/t13-/m0/s1. The molecule has 1 saturated carbocycles. The molecule has 1 aromatic rings. The van der Waals surface area contributed by atoms with Gasteiger partial charge in [-0.2, -0.15) is 0 Å². The number of benzene rings is 1. The van der Waals surface area contributed by atoms with Gasteiger partial charge in [0.1, 0.15) is 0 Å². The minimum atomic E-state index is -0.0793. The summed E-state index contributed by atoms with van der Waals surface area (Å²) >= 11 is 0. The van der Waals surface area contributed by atoms with Crippen LogP contribution in [0.2, 0.25) is 0 Å². The van der Waals surface area contributed by atoms with Crippen molar-refractivity contribution in [2.45, 2.75) is 32.7 Å². The number of aryl methyl sites for hydroxylation is 1. The van der Waals surface area contributed by atoms with Crippen LogP contribution in [-0.2, 0) is 9.59 Å². The number of carbonyl (C=O) groups excluding carboxylic acids is 2. The molecular formula is C17H26N3O2+. The second-order valence-corrected chi connectivity index (χ2v) is 6.42. The van der Waals surface area contributed by atoms with E-state index in [0.29, 0.717) is 12.5 Å². The highest BCUT2D eigenvalue weighted by atomic mass is 16.2. The molecule has 3 N–H and O–H groups in total. The Hall–Kier alpha value is -1.88. The Morgan fingerprint density at radius 2 is 1.77 bits per heavy atom. The van der Waals surface area contributed by atoms with E-state index < -0.39 is 0 Å². The Morgan fingerprint density at radius 3 is 2.36 bits per heavy atom. The maximum atomic E-state index is 12.0. The van der Waals surface area contributed by atoms with Gasteiger partial charge in [-0.15, -0.1) is 0 Å². The Kier molecular flexibility index (Phi) is 5.55. The number of nitrogens with one attached hydrogen (secondary N) is 3. The van der Waals surface area contributed by atoms with Gasteiger partial charge in [0, 0.05) is 11.7 Å². The summed E-state index contributed by atoms with van der Waals surface area (Å²) in [6.07, 6.45) is 2.42. The van der Waals surface area contributed by atoms with Crippen molar-refractivity contribution in [3.63, 3.8) is 0 Å². The first-order valence-corrected chi connectivity index (χ1v) is 7.91. The molecule has 0 aliphatic heterocycles. The molecule has 0 aromatic heterocycles. The van der Waals surface area contributed by atoms with E-state index in [9.17, 15) is 9.59 Å². The second-order valence-electron chi connectivity index (χ2n) is 6.42. The third-order valence-corrected chi connectivity index (χ3v) is 3.98. The Balaban J connectivity index is 1.71. The summed E-state index contributed by atoms with van der Waals surface area (Å²) in [6.45, 7) is 4.65. The van der Waals surface area contributed by atoms with Crippen molar-refractivity contribution < 1.29 is 14.5 Å². The maximum Gasteiger partial charge on any atom is 0.279 e. The van der Waals surface area contributed by atoms with E-state index in [1.807, 2.05) is 38.2 Å². The number of carbonyl (C=O) groups is 2. The van der Waals surface area contributed by atoms with Crippen molar-refractivity contribution in [1.29, 1.82) is 0 Å². The monoisotopic (exact) mass is 304 g/mol. The van der Waals surface area contributed by atoms with Gasteiger partial charge < -0.3 is 15.5 Å². The third kappa shape index (κ3) is 5.48. The molecule has 5 nitrogen and oxygen atoms in total. The molecule has 5 heteroatoms. The van der Waals surface area contributed by atoms with Gasteiger partial charge in [-0.1, -0.05) is 17.7 Å². The van der Waals surface area contributed by atoms with E-state index in [4.69, 9.17) is 0 Å². The average Bonchev–Trinajstić information content (AvgIpc) is 3.25. The van der Waals surface area contributed by atoms with E-state index in [1.54, 1.807) is 0 Å². The summed E-state index contributed by atoms with van der Waals surface area (Å²) in [5.74, 6) is 0.582. The van der Waals surface area contributed by atoms with E-state index in [1.165, 1.54) is 12.8 Å². The van der Waals surface area contributed by atoms with Crippen LogP contribution in [0.5, 0.6) is 0 Å². The first-order chi connectivity index (χ1) is 10.4. The number of amides is 2. The fraction of sp³-hybridized carbons (Fsp3) is 0.529. The van der Waals surface area contributed by atoms with E-state index in [2.05, 4.69) is 17.6 Å². The molecule has 2 rings (SSSR count). The molecule has 0 bridgehead atoms. The van der Waals surface area contributed by atoms with Gasteiger partial charge in [-0.05, 0) is 44.7 Å².